The van der Waals surface area contributed by atoms with Gasteiger partial charge in [0.2, 0.25) is 5.91 Å². The number of halogens is 2. The van der Waals surface area contributed by atoms with Crippen LogP contribution in [-0.4, -0.2) is 53.5 Å². The van der Waals surface area contributed by atoms with Gasteiger partial charge in [-0.05, 0) is 37.6 Å². The van der Waals surface area contributed by atoms with Crippen molar-refractivity contribution in [2.75, 3.05) is 19.7 Å². The van der Waals surface area contributed by atoms with Crippen molar-refractivity contribution < 1.29 is 24.2 Å². The van der Waals surface area contributed by atoms with Crippen molar-refractivity contribution in [2.24, 2.45) is 0 Å². The monoisotopic (exact) mass is 464 g/mol. The first-order chi connectivity index (χ1) is 14.8. The third kappa shape index (κ3) is 5.55. The minimum Gasteiger partial charge on any atom is -0.489 e. The minimum absolute atomic E-state index is 0.0106. The van der Waals surface area contributed by atoms with E-state index < -0.39 is 6.10 Å². The number of carbonyl (C=O) groups excluding carboxylic acids is 3. The number of aryl methyl sites for hydroxylation is 1. The summed E-state index contributed by atoms with van der Waals surface area (Å²) in [5.41, 5.74) is 1.70. The van der Waals surface area contributed by atoms with Crippen LogP contribution in [0.1, 0.15) is 39.1 Å². The van der Waals surface area contributed by atoms with Gasteiger partial charge in [0, 0.05) is 19.5 Å². The number of nitrogens with one attached hydrogen (secondary N) is 1. The van der Waals surface area contributed by atoms with Crippen LogP contribution in [0.15, 0.2) is 36.4 Å². The predicted octanol–water partition coefficient (Wildman–Crippen LogP) is 3.23. The Bertz CT molecular complexity index is 1010. The molecule has 7 nitrogen and oxygen atoms in total. The lowest BCUT2D eigenvalue weighted by atomic mass is 10.1. The third-order valence-electron chi connectivity index (χ3n) is 4.79. The number of benzene rings is 2. The second kappa shape index (κ2) is 10.1. The Morgan fingerprint density at radius 1 is 1.16 bits per heavy atom. The number of hydrogen-bond acceptors (Lipinski definition) is 5. The van der Waals surface area contributed by atoms with E-state index in [1.165, 1.54) is 0 Å². The Kier molecular flexibility index (Phi) is 7.54. The Balaban J connectivity index is 1.38. The van der Waals surface area contributed by atoms with Gasteiger partial charge in [-0.1, -0.05) is 40.9 Å². The number of imide groups is 1. The molecular formula is C22H22Cl2N2O5. The van der Waals surface area contributed by atoms with Crippen LogP contribution in [0, 0.1) is 6.92 Å². The van der Waals surface area contributed by atoms with E-state index in [0.29, 0.717) is 28.3 Å². The molecule has 2 N–H and O–H groups in total. The first-order valence-corrected chi connectivity index (χ1v) is 10.5. The van der Waals surface area contributed by atoms with Gasteiger partial charge >= 0.3 is 0 Å². The number of aliphatic hydroxyl groups is 1. The number of ether oxygens (including phenoxy) is 1. The van der Waals surface area contributed by atoms with E-state index in [0.717, 1.165) is 10.5 Å². The molecule has 2 aromatic rings. The highest BCUT2D eigenvalue weighted by molar-refractivity contribution is 6.42. The molecule has 1 aliphatic rings. The predicted molar refractivity (Wildman–Crippen MR) is 117 cm³/mol. The zero-order valence-corrected chi connectivity index (χ0v) is 18.4. The SMILES string of the molecule is Cc1ccc2c(c1)C(=O)N(CCCC(=O)NCC(O)COc1cccc(Cl)c1Cl)C2=O. The summed E-state index contributed by atoms with van der Waals surface area (Å²) in [7, 11) is 0. The zero-order chi connectivity index (χ0) is 22.5. The number of hydrogen-bond donors (Lipinski definition) is 2. The molecule has 3 rings (SSSR count). The number of carbonyl (C=O) groups is 3. The van der Waals surface area contributed by atoms with Gasteiger partial charge in [-0.25, -0.2) is 0 Å². The largest absolute Gasteiger partial charge is 0.489 e. The van der Waals surface area contributed by atoms with Crippen LogP contribution in [0.2, 0.25) is 10.0 Å². The maximum atomic E-state index is 12.4. The molecule has 0 saturated carbocycles. The van der Waals surface area contributed by atoms with Crippen LogP contribution in [0.25, 0.3) is 0 Å². The lowest BCUT2D eigenvalue weighted by Gasteiger charge is -2.15. The van der Waals surface area contributed by atoms with E-state index >= 15 is 0 Å². The van der Waals surface area contributed by atoms with Crippen LogP contribution >= 0.6 is 23.2 Å². The van der Waals surface area contributed by atoms with Crippen molar-refractivity contribution >= 4 is 40.9 Å². The Labute approximate surface area is 189 Å². The molecule has 0 radical (unpaired) electrons. The van der Waals surface area contributed by atoms with Crippen molar-refractivity contribution in [1.29, 1.82) is 0 Å². The van der Waals surface area contributed by atoms with Gasteiger partial charge in [0.25, 0.3) is 11.8 Å². The topological polar surface area (TPSA) is 95.9 Å². The van der Waals surface area contributed by atoms with E-state index in [4.69, 9.17) is 27.9 Å². The minimum atomic E-state index is -0.946. The molecule has 0 spiro atoms. The molecule has 31 heavy (non-hydrogen) atoms. The number of rotatable bonds is 9. The molecule has 1 atom stereocenters. The molecule has 0 fully saturated rings. The summed E-state index contributed by atoms with van der Waals surface area (Å²) >= 11 is 11.9. The number of fused-ring (bicyclic) bond motifs is 1. The molecule has 0 saturated heterocycles. The van der Waals surface area contributed by atoms with Crippen LogP contribution in [-0.2, 0) is 4.79 Å². The van der Waals surface area contributed by atoms with Crippen LogP contribution in [0.3, 0.4) is 0 Å². The molecule has 164 valence electrons. The highest BCUT2D eigenvalue weighted by atomic mass is 35.5. The second-order valence-electron chi connectivity index (χ2n) is 7.24. The molecule has 2 aromatic carbocycles. The van der Waals surface area contributed by atoms with Gasteiger partial charge in [-0.2, -0.15) is 0 Å². The Morgan fingerprint density at radius 2 is 1.90 bits per heavy atom. The van der Waals surface area contributed by atoms with Gasteiger partial charge in [0.05, 0.1) is 16.1 Å². The van der Waals surface area contributed by atoms with Gasteiger partial charge in [0.1, 0.15) is 23.5 Å². The molecule has 0 aromatic heterocycles. The maximum absolute atomic E-state index is 12.4. The molecular weight excluding hydrogens is 443 g/mol. The summed E-state index contributed by atoms with van der Waals surface area (Å²) in [6.45, 7) is 1.92. The standard InChI is InChI=1S/C22H22Cl2N2O5/c1-13-7-8-15-16(10-13)22(30)26(21(15)29)9-3-6-19(28)25-11-14(27)12-31-18-5-2-4-17(23)20(18)24/h2,4-5,7-8,10,14,27H,3,6,9,11-12H2,1H3,(H,25,28). The average molecular weight is 465 g/mol. The average Bonchev–Trinajstić information content (AvgIpc) is 2.97. The molecule has 1 unspecified atom stereocenters. The fourth-order valence-corrected chi connectivity index (χ4v) is 3.51. The molecule has 0 aliphatic carbocycles. The normalized spacial score (nSPS) is 13.9. The maximum Gasteiger partial charge on any atom is 0.261 e. The van der Waals surface area contributed by atoms with Crippen molar-refractivity contribution in [3.63, 3.8) is 0 Å². The molecule has 1 heterocycles. The van der Waals surface area contributed by atoms with Gasteiger partial charge in [0.15, 0.2) is 0 Å². The van der Waals surface area contributed by atoms with E-state index in [9.17, 15) is 19.5 Å². The van der Waals surface area contributed by atoms with Crippen molar-refractivity contribution in [2.45, 2.75) is 25.9 Å². The lowest BCUT2D eigenvalue weighted by molar-refractivity contribution is -0.121. The molecule has 1 aliphatic heterocycles. The summed E-state index contributed by atoms with van der Waals surface area (Å²) in [5.74, 6) is -0.632. The summed E-state index contributed by atoms with van der Waals surface area (Å²) in [6, 6.07) is 10.1. The summed E-state index contributed by atoms with van der Waals surface area (Å²) in [5, 5.41) is 13.2. The van der Waals surface area contributed by atoms with Crippen molar-refractivity contribution in [3.8, 4) is 5.75 Å². The summed E-state index contributed by atoms with van der Waals surface area (Å²) < 4.78 is 5.42. The first kappa shape index (κ1) is 23.1. The number of aliphatic hydroxyl groups excluding tert-OH is 1. The van der Waals surface area contributed by atoms with E-state index in [1.54, 1.807) is 36.4 Å². The first-order valence-electron chi connectivity index (χ1n) is 9.76. The highest BCUT2D eigenvalue weighted by Gasteiger charge is 2.34. The summed E-state index contributed by atoms with van der Waals surface area (Å²) in [6.07, 6.45) is -0.514. The number of nitrogens with zero attached hydrogens (tertiary/aromatic N) is 1. The smallest absolute Gasteiger partial charge is 0.261 e. The van der Waals surface area contributed by atoms with E-state index in [-0.39, 0.29) is 48.9 Å². The quantitative estimate of drug-likeness (QED) is 0.555. The van der Waals surface area contributed by atoms with Crippen LogP contribution < -0.4 is 10.1 Å². The highest BCUT2D eigenvalue weighted by Crippen LogP contribution is 2.31. The van der Waals surface area contributed by atoms with E-state index in [1.807, 2.05) is 6.92 Å². The third-order valence-corrected chi connectivity index (χ3v) is 5.60. The Hall–Kier alpha value is -2.61. The van der Waals surface area contributed by atoms with Gasteiger partial charge < -0.3 is 15.2 Å². The molecule has 3 amide bonds. The Morgan fingerprint density at radius 3 is 2.68 bits per heavy atom. The van der Waals surface area contributed by atoms with Crippen molar-refractivity contribution in [3.05, 3.63) is 63.1 Å². The lowest BCUT2D eigenvalue weighted by Crippen LogP contribution is -2.36. The summed E-state index contributed by atoms with van der Waals surface area (Å²) in [4.78, 5) is 38.0. The van der Waals surface area contributed by atoms with Crippen LogP contribution in [0.4, 0.5) is 0 Å². The fourth-order valence-electron chi connectivity index (χ4n) is 3.17. The van der Waals surface area contributed by atoms with Crippen LogP contribution in [0.5, 0.6) is 5.75 Å². The molecule has 0 bridgehead atoms. The van der Waals surface area contributed by atoms with E-state index in [2.05, 4.69) is 5.32 Å². The second-order valence-corrected chi connectivity index (χ2v) is 8.02. The molecule has 9 heteroatoms. The van der Waals surface area contributed by atoms with Gasteiger partial charge in [-0.15, -0.1) is 0 Å². The van der Waals surface area contributed by atoms with Crippen molar-refractivity contribution in [1.82, 2.24) is 10.2 Å². The number of amides is 3. The zero-order valence-electron chi connectivity index (χ0n) is 16.9. The fraction of sp³-hybridized carbons (Fsp3) is 0.318. The van der Waals surface area contributed by atoms with Gasteiger partial charge in [-0.3, -0.25) is 19.3 Å².